The average molecular weight is 261 g/mol. The summed E-state index contributed by atoms with van der Waals surface area (Å²) in [6, 6.07) is 9.58. The van der Waals surface area contributed by atoms with Crippen molar-refractivity contribution >= 4 is 0 Å². The van der Waals surface area contributed by atoms with Crippen LogP contribution in [0, 0.1) is 0 Å². The maximum atomic E-state index is 8.87. The first kappa shape index (κ1) is 13.7. The van der Waals surface area contributed by atoms with Crippen molar-refractivity contribution in [1.29, 1.82) is 0 Å². The van der Waals surface area contributed by atoms with Crippen LogP contribution in [0.5, 0.6) is 0 Å². The second-order valence-corrected chi connectivity index (χ2v) is 5.07. The minimum Gasteiger partial charge on any atom is -0.396 e. The molecule has 3 N–H and O–H groups in total. The van der Waals surface area contributed by atoms with Gasteiger partial charge >= 0.3 is 0 Å². The smallest absolute Gasteiger partial charge is 0.243 e. The van der Waals surface area contributed by atoms with Crippen LogP contribution in [0.3, 0.4) is 0 Å². The molecular formula is C14H19N3O2. The Balaban J connectivity index is 2.27. The van der Waals surface area contributed by atoms with E-state index in [1.54, 1.807) is 0 Å². The number of aliphatic hydroxyl groups excluding tert-OH is 1. The molecule has 2 rings (SSSR count). The Morgan fingerprint density at radius 2 is 2.00 bits per heavy atom. The molecule has 1 aromatic heterocycles. The summed E-state index contributed by atoms with van der Waals surface area (Å²) in [6.07, 6.45) is 0.410. The monoisotopic (exact) mass is 261 g/mol. The molecule has 0 spiro atoms. The van der Waals surface area contributed by atoms with Crippen LogP contribution in [0.2, 0.25) is 0 Å². The van der Waals surface area contributed by atoms with E-state index >= 15 is 0 Å². The number of hydrogen-bond acceptors (Lipinski definition) is 5. The van der Waals surface area contributed by atoms with Crippen LogP contribution in [0.15, 0.2) is 34.9 Å². The Bertz CT molecular complexity index is 522. The maximum Gasteiger partial charge on any atom is 0.243 e. The van der Waals surface area contributed by atoms with Crippen molar-refractivity contribution in [2.45, 2.75) is 31.7 Å². The predicted octanol–water partition coefficient (Wildman–Crippen LogP) is 1.78. The largest absolute Gasteiger partial charge is 0.396 e. The number of aliphatic hydroxyl groups is 1. The molecule has 0 saturated heterocycles. The second kappa shape index (κ2) is 5.50. The first-order valence-electron chi connectivity index (χ1n) is 6.31. The molecule has 19 heavy (non-hydrogen) atoms. The minimum absolute atomic E-state index is 0.000951. The lowest BCUT2D eigenvalue weighted by Crippen LogP contribution is -2.21. The first-order valence-corrected chi connectivity index (χ1v) is 6.31. The van der Waals surface area contributed by atoms with Crippen LogP contribution in [0.1, 0.15) is 43.6 Å². The fraction of sp³-hybridized carbons (Fsp3) is 0.429. The maximum absolute atomic E-state index is 8.87. The molecule has 0 saturated carbocycles. The lowest BCUT2D eigenvalue weighted by molar-refractivity contribution is 0.258. The van der Waals surface area contributed by atoms with E-state index in [2.05, 4.69) is 10.1 Å². The summed E-state index contributed by atoms with van der Waals surface area (Å²) in [6.45, 7) is 4.07. The van der Waals surface area contributed by atoms with Crippen molar-refractivity contribution < 1.29 is 9.63 Å². The van der Waals surface area contributed by atoms with Crippen LogP contribution in [-0.2, 0) is 5.41 Å². The fourth-order valence-corrected chi connectivity index (χ4v) is 1.89. The third-order valence-electron chi connectivity index (χ3n) is 3.25. The van der Waals surface area contributed by atoms with Gasteiger partial charge in [-0.15, -0.1) is 0 Å². The highest BCUT2D eigenvalue weighted by Crippen LogP contribution is 2.29. The Morgan fingerprint density at radius 1 is 1.32 bits per heavy atom. The van der Waals surface area contributed by atoms with Gasteiger partial charge in [-0.2, -0.15) is 4.98 Å². The summed E-state index contributed by atoms with van der Waals surface area (Å²) in [5.41, 5.74) is 6.61. The van der Waals surface area contributed by atoms with E-state index in [0.717, 1.165) is 5.56 Å². The van der Waals surface area contributed by atoms with Crippen molar-refractivity contribution in [3.05, 3.63) is 47.6 Å². The highest BCUT2D eigenvalue weighted by atomic mass is 16.5. The van der Waals surface area contributed by atoms with Crippen LogP contribution < -0.4 is 5.73 Å². The molecule has 0 bridgehead atoms. The molecule has 0 aliphatic heterocycles. The van der Waals surface area contributed by atoms with Gasteiger partial charge in [0, 0.05) is 6.61 Å². The Morgan fingerprint density at radius 3 is 2.63 bits per heavy atom. The van der Waals surface area contributed by atoms with E-state index in [0.29, 0.717) is 18.1 Å². The Kier molecular flexibility index (Phi) is 3.97. The molecule has 1 heterocycles. The predicted molar refractivity (Wildman–Crippen MR) is 71.5 cm³/mol. The number of rotatable bonds is 5. The highest BCUT2D eigenvalue weighted by Gasteiger charge is 2.29. The Hall–Kier alpha value is -1.72. The topological polar surface area (TPSA) is 85.2 Å². The van der Waals surface area contributed by atoms with Crippen molar-refractivity contribution in [2.24, 2.45) is 5.73 Å². The van der Waals surface area contributed by atoms with Gasteiger partial charge in [-0.3, -0.25) is 0 Å². The zero-order valence-corrected chi connectivity index (χ0v) is 11.2. The van der Waals surface area contributed by atoms with E-state index in [1.165, 1.54) is 0 Å². The minimum atomic E-state index is -0.419. The van der Waals surface area contributed by atoms with Gasteiger partial charge in [0.1, 0.15) is 0 Å². The third-order valence-corrected chi connectivity index (χ3v) is 3.25. The van der Waals surface area contributed by atoms with E-state index < -0.39 is 6.04 Å². The van der Waals surface area contributed by atoms with Gasteiger partial charge in [-0.1, -0.05) is 35.5 Å². The van der Waals surface area contributed by atoms with Gasteiger partial charge in [-0.25, -0.2) is 0 Å². The summed E-state index contributed by atoms with van der Waals surface area (Å²) >= 11 is 0. The summed E-state index contributed by atoms with van der Waals surface area (Å²) < 4.78 is 5.19. The summed E-state index contributed by atoms with van der Waals surface area (Å²) in [4.78, 5) is 4.36. The molecule has 0 aliphatic rings. The number of nitrogens with two attached hydrogens (primary N) is 1. The molecule has 1 unspecified atom stereocenters. The summed E-state index contributed by atoms with van der Waals surface area (Å²) in [5.74, 6) is 0.968. The van der Waals surface area contributed by atoms with Crippen molar-refractivity contribution in [1.82, 2.24) is 10.1 Å². The third kappa shape index (κ3) is 2.83. The van der Waals surface area contributed by atoms with E-state index in [-0.39, 0.29) is 12.0 Å². The zero-order chi connectivity index (χ0) is 13.9. The molecule has 1 atom stereocenters. The quantitative estimate of drug-likeness (QED) is 0.857. The highest BCUT2D eigenvalue weighted by molar-refractivity contribution is 5.30. The SMILES string of the molecule is CC(C)(c1ccccc1)c1noc(C(N)CCO)n1. The van der Waals surface area contributed by atoms with Crippen LogP contribution in [-0.4, -0.2) is 21.9 Å². The first-order chi connectivity index (χ1) is 9.05. The molecule has 102 valence electrons. The molecule has 5 heteroatoms. The van der Waals surface area contributed by atoms with Gasteiger partial charge in [0.15, 0.2) is 5.82 Å². The van der Waals surface area contributed by atoms with Crippen molar-refractivity contribution in [3.63, 3.8) is 0 Å². The van der Waals surface area contributed by atoms with E-state index in [1.807, 2.05) is 44.2 Å². The standard InChI is InChI=1S/C14H19N3O2/c1-14(2,10-6-4-3-5-7-10)13-16-12(19-17-13)11(15)8-9-18/h3-7,11,18H,8-9,15H2,1-2H3. The summed E-state index contributed by atoms with van der Waals surface area (Å²) in [7, 11) is 0. The number of aromatic nitrogens is 2. The summed E-state index contributed by atoms with van der Waals surface area (Å²) in [5, 5.41) is 12.9. The fourth-order valence-electron chi connectivity index (χ4n) is 1.89. The molecule has 0 aliphatic carbocycles. The van der Waals surface area contributed by atoms with Gasteiger partial charge in [0.2, 0.25) is 5.89 Å². The number of nitrogens with zero attached hydrogens (tertiary/aromatic N) is 2. The molecule has 0 amide bonds. The second-order valence-electron chi connectivity index (χ2n) is 5.07. The lowest BCUT2D eigenvalue weighted by Gasteiger charge is -2.20. The van der Waals surface area contributed by atoms with Crippen molar-refractivity contribution in [3.8, 4) is 0 Å². The molecule has 2 aromatic rings. The van der Waals surface area contributed by atoms with E-state index in [4.69, 9.17) is 15.4 Å². The van der Waals surface area contributed by atoms with E-state index in [9.17, 15) is 0 Å². The van der Waals surface area contributed by atoms with Gasteiger partial charge in [0.05, 0.1) is 11.5 Å². The number of benzene rings is 1. The van der Waals surface area contributed by atoms with Crippen molar-refractivity contribution in [2.75, 3.05) is 6.61 Å². The number of hydrogen-bond donors (Lipinski definition) is 2. The molecule has 1 aromatic carbocycles. The molecule has 0 radical (unpaired) electrons. The van der Waals surface area contributed by atoms with Gasteiger partial charge < -0.3 is 15.4 Å². The normalized spacial score (nSPS) is 13.5. The lowest BCUT2D eigenvalue weighted by atomic mass is 9.84. The molecule has 5 nitrogen and oxygen atoms in total. The average Bonchev–Trinajstić information content (AvgIpc) is 2.90. The molecular weight excluding hydrogens is 242 g/mol. The van der Waals surface area contributed by atoms with Crippen LogP contribution in [0.4, 0.5) is 0 Å². The Labute approximate surface area is 112 Å². The van der Waals surface area contributed by atoms with Gasteiger partial charge in [-0.05, 0) is 25.8 Å². The molecule has 0 fully saturated rings. The zero-order valence-electron chi connectivity index (χ0n) is 11.2. The van der Waals surface area contributed by atoms with Crippen LogP contribution >= 0.6 is 0 Å². The van der Waals surface area contributed by atoms with Gasteiger partial charge in [0.25, 0.3) is 0 Å². The van der Waals surface area contributed by atoms with Crippen LogP contribution in [0.25, 0.3) is 0 Å².